The van der Waals surface area contributed by atoms with E-state index in [0.717, 1.165) is 16.8 Å². The van der Waals surface area contributed by atoms with Gasteiger partial charge in [0.15, 0.2) is 0 Å². The fraction of sp³-hybridized carbons (Fsp3) is 0. The highest BCUT2D eigenvalue weighted by atomic mass is 79.9. The summed E-state index contributed by atoms with van der Waals surface area (Å²) in [7, 11) is 0. The van der Waals surface area contributed by atoms with Crippen molar-refractivity contribution in [1.29, 1.82) is 5.26 Å². The van der Waals surface area contributed by atoms with E-state index in [1.165, 1.54) is 18.2 Å². The van der Waals surface area contributed by atoms with E-state index in [1.807, 2.05) is 36.4 Å². The number of nitrogens with one attached hydrogen (secondary N) is 1. The van der Waals surface area contributed by atoms with Crippen LogP contribution in [0.3, 0.4) is 0 Å². The van der Waals surface area contributed by atoms with E-state index in [9.17, 15) is 25.0 Å². The number of carbonyl (C=O) groups excluding carboxylic acids is 2. The normalized spacial score (nSPS) is 11.0. The molecule has 4 aromatic rings. The second-order valence-electron chi connectivity index (χ2n) is 7.65. The predicted molar refractivity (Wildman–Crippen MR) is 143 cm³/mol. The number of nitriles is 1. The van der Waals surface area contributed by atoms with Crippen LogP contribution in [-0.2, 0) is 4.79 Å². The highest BCUT2D eigenvalue weighted by molar-refractivity contribution is 9.10. The van der Waals surface area contributed by atoms with Crippen molar-refractivity contribution in [3.05, 3.63) is 115 Å². The monoisotopic (exact) mass is 575 g/mol. The molecule has 0 atom stereocenters. The summed E-state index contributed by atoms with van der Waals surface area (Å²) in [6.07, 6.45) is 1.34. The summed E-state index contributed by atoms with van der Waals surface area (Å²) < 4.78 is 6.01. The van der Waals surface area contributed by atoms with Gasteiger partial charge in [-0.2, -0.15) is 5.26 Å². The molecule has 0 aliphatic rings. The Bertz CT molecular complexity index is 1640. The standard InChI is InChI=1S/C27H15BrClN3O5/c28-22-13-16(12-18(15-30)26(33)31-24-10-9-19(32(35)36)14-23(24)29)8-11-25(22)37-27(34)21-7-3-5-17-4-1-2-6-20(17)21/h1-14H,(H,31,33)/b18-12+. The number of non-ortho nitro benzene ring substituents is 1. The Labute approximate surface area is 224 Å². The highest BCUT2D eigenvalue weighted by Gasteiger charge is 2.16. The minimum absolute atomic E-state index is 0.0417. The van der Waals surface area contributed by atoms with Crippen LogP contribution in [-0.4, -0.2) is 16.8 Å². The molecule has 1 N–H and O–H groups in total. The molecule has 0 spiro atoms. The number of halogens is 2. The number of rotatable bonds is 6. The van der Waals surface area contributed by atoms with Gasteiger partial charge in [0.05, 0.1) is 25.7 Å². The van der Waals surface area contributed by atoms with Crippen LogP contribution in [0, 0.1) is 21.4 Å². The number of nitrogens with zero attached hydrogens (tertiary/aromatic N) is 2. The Hall–Kier alpha value is -4.52. The molecular weight excluding hydrogens is 562 g/mol. The van der Waals surface area contributed by atoms with Crippen molar-refractivity contribution >= 4 is 67.6 Å². The SMILES string of the molecule is N#C/C(=C\c1ccc(OC(=O)c2cccc3ccccc23)c(Br)c1)C(=O)Nc1ccc([N+](=O)[O-])cc1Cl. The Morgan fingerprint density at radius 3 is 2.51 bits per heavy atom. The molecule has 37 heavy (non-hydrogen) atoms. The van der Waals surface area contributed by atoms with E-state index in [0.29, 0.717) is 15.6 Å². The number of hydrogen-bond acceptors (Lipinski definition) is 6. The van der Waals surface area contributed by atoms with Crippen LogP contribution in [0.15, 0.2) is 88.9 Å². The minimum Gasteiger partial charge on any atom is -0.422 e. The van der Waals surface area contributed by atoms with Gasteiger partial charge < -0.3 is 10.1 Å². The number of amides is 1. The third-order valence-corrected chi connectivity index (χ3v) is 6.19. The number of fused-ring (bicyclic) bond motifs is 1. The van der Waals surface area contributed by atoms with Gasteiger partial charge in [-0.15, -0.1) is 0 Å². The van der Waals surface area contributed by atoms with Gasteiger partial charge in [-0.05, 0) is 62.6 Å². The first kappa shape index (κ1) is 25.6. The van der Waals surface area contributed by atoms with Crippen LogP contribution >= 0.6 is 27.5 Å². The molecule has 0 saturated heterocycles. The molecule has 0 bridgehead atoms. The minimum atomic E-state index is -0.749. The lowest BCUT2D eigenvalue weighted by Crippen LogP contribution is -2.13. The zero-order valence-corrected chi connectivity index (χ0v) is 21.1. The third kappa shape index (κ3) is 5.83. The summed E-state index contributed by atoms with van der Waals surface area (Å²) in [5.74, 6) is -1.02. The number of hydrogen-bond donors (Lipinski definition) is 1. The molecule has 0 saturated carbocycles. The molecule has 0 radical (unpaired) electrons. The van der Waals surface area contributed by atoms with E-state index in [4.69, 9.17) is 16.3 Å². The lowest BCUT2D eigenvalue weighted by atomic mass is 10.0. The zero-order valence-electron chi connectivity index (χ0n) is 18.8. The number of carbonyl (C=O) groups is 2. The molecule has 4 rings (SSSR count). The van der Waals surface area contributed by atoms with Crippen LogP contribution < -0.4 is 10.1 Å². The van der Waals surface area contributed by atoms with Crippen molar-refractivity contribution in [2.75, 3.05) is 5.32 Å². The van der Waals surface area contributed by atoms with E-state index < -0.39 is 16.8 Å². The molecule has 1 amide bonds. The van der Waals surface area contributed by atoms with Crippen molar-refractivity contribution in [3.63, 3.8) is 0 Å². The number of nitro benzene ring substituents is 1. The molecular formula is C27H15BrClN3O5. The molecule has 0 aromatic heterocycles. The Balaban J connectivity index is 1.52. The summed E-state index contributed by atoms with van der Waals surface area (Å²) in [5.41, 5.74) is 0.558. The number of anilines is 1. The van der Waals surface area contributed by atoms with E-state index in [-0.39, 0.29) is 27.7 Å². The fourth-order valence-electron chi connectivity index (χ4n) is 3.47. The summed E-state index contributed by atoms with van der Waals surface area (Å²) >= 11 is 9.38. The number of nitro groups is 1. The van der Waals surface area contributed by atoms with Crippen molar-refractivity contribution in [2.45, 2.75) is 0 Å². The van der Waals surface area contributed by atoms with Crippen LogP contribution in [0.25, 0.3) is 16.8 Å². The third-order valence-electron chi connectivity index (χ3n) is 5.26. The summed E-state index contributed by atoms with van der Waals surface area (Å²) in [6, 6.07) is 22.9. The largest absolute Gasteiger partial charge is 0.422 e. The second kappa shape index (κ2) is 11.0. The van der Waals surface area contributed by atoms with Crippen LogP contribution in [0.1, 0.15) is 15.9 Å². The summed E-state index contributed by atoms with van der Waals surface area (Å²) in [5, 5.41) is 24.5. The maximum atomic E-state index is 12.8. The van der Waals surface area contributed by atoms with Gasteiger partial charge >= 0.3 is 5.97 Å². The maximum Gasteiger partial charge on any atom is 0.344 e. The van der Waals surface area contributed by atoms with Gasteiger partial charge in [-0.3, -0.25) is 14.9 Å². The second-order valence-corrected chi connectivity index (χ2v) is 8.91. The fourth-order valence-corrected chi connectivity index (χ4v) is 4.17. The van der Waals surface area contributed by atoms with Crippen LogP contribution in [0.5, 0.6) is 5.75 Å². The summed E-state index contributed by atoms with van der Waals surface area (Å²) in [4.78, 5) is 35.7. The average Bonchev–Trinajstić information content (AvgIpc) is 2.89. The summed E-state index contributed by atoms with van der Waals surface area (Å²) in [6.45, 7) is 0. The number of esters is 1. The van der Waals surface area contributed by atoms with E-state index >= 15 is 0 Å². The van der Waals surface area contributed by atoms with Gasteiger partial charge in [0.25, 0.3) is 11.6 Å². The zero-order chi connectivity index (χ0) is 26.5. The molecule has 0 aliphatic heterocycles. The van der Waals surface area contributed by atoms with Gasteiger partial charge in [-0.1, -0.05) is 54.1 Å². The molecule has 182 valence electrons. The molecule has 10 heteroatoms. The Morgan fingerprint density at radius 1 is 1.05 bits per heavy atom. The van der Waals surface area contributed by atoms with Crippen molar-refractivity contribution in [3.8, 4) is 11.8 Å². The van der Waals surface area contributed by atoms with Crippen molar-refractivity contribution in [1.82, 2.24) is 0 Å². The van der Waals surface area contributed by atoms with Crippen LogP contribution in [0.4, 0.5) is 11.4 Å². The van der Waals surface area contributed by atoms with Crippen LogP contribution in [0.2, 0.25) is 5.02 Å². The van der Waals surface area contributed by atoms with Gasteiger partial charge in [0.2, 0.25) is 0 Å². The average molecular weight is 577 g/mol. The highest BCUT2D eigenvalue weighted by Crippen LogP contribution is 2.30. The first-order valence-electron chi connectivity index (χ1n) is 10.6. The number of ether oxygens (including phenoxy) is 1. The lowest BCUT2D eigenvalue weighted by Gasteiger charge is -2.10. The van der Waals surface area contributed by atoms with Crippen molar-refractivity contribution < 1.29 is 19.2 Å². The van der Waals surface area contributed by atoms with E-state index in [2.05, 4.69) is 21.2 Å². The van der Waals surface area contributed by atoms with Gasteiger partial charge in [0.1, 0.15) is 17.4 Å². The first-order valence-corrected chi connectivity index (χ1v) is 11.8. The maximum absolute atomic E-state index is 12.8. The predicted octanol–water partition coefficient (Wildman–Crippen LogP) is 6.93. The molecule has 0 fully saturated rings. The topological polar surface area (TPSA) is 122 Å². The van der Waals surface area contributed by atoms with Crippen molar-refractivity contribution in [2.24, 2.45) is 0 Å². The number of benzene rings is 4. The first-order chi connectivity index (χ1) is 17.8. The Kier molecular flexibility index (Phi) is 7.63. The Morgan fingerprint density at radius 2 is 1.81 bits per heavy atom. The molecule has 4 aromatic carbocycles. The van der Waals surface area contributed by atoms with Gasteiger partial charge in [-0.25, -0.2) is 4.79 Å². The smallest absolute Gasteiger partial charge is 0.344 e. The molecule has 0 aliphatic carbocycles. The molecule has 0 heterocycles. The molecule has 8 nitrogen and oxygen atoms in total. The quantitative estimate of drug-likeness (QED) is 0.0663. The molecule has 0 unspecified atom stereocenters. The lowest BCUT2D eigenvalue weighted by molar-refractivity contribution is -0.384. The van der Waals surface area contributed by atoms with E-state index in [1.54, 1.807) is 30.3 Å². The van der Waals surface area contributed by atoms with Gasteiger partial charge in [0, 0.05) is 12.1 Å².